The number of aliphatic hydroxyl groups is 6. The van der Waals surface area contributed by atoms with Crippen LogP contribution in [0.25, 0.3) is 0 Å². The van der Waals surface area contributed by atoms with E-state index in [0.717, 1.165) is 0 Å². The van der Waals surface area contributed by atoms with Gasteiger partial charge in [-0.1, -0.05) is 0 Å². The predicted octanol–water partition coefficient (Wildman–Crippen LogP) is -5.47. The molecule has 0 saturated carbocycles. The second-order valence-electron chi connectivity index (χ2n) is 7.16. The molecule has 2 fully saturated rings. The van der Waals surface area contributed by atoms with Gasteiger partial charge >= 0.3 is 13.8 Å². The highest BCUT2D eigenvalue weighted by molar-refractivity contribution is 7.46. The van der Waals surface area contributed by atoms with Gasteiger partial charge in [0.2, 0.25) is 0 Å². The third-order valence-corrected chi connectivity index (χ3v) is 5.43. The molecule has 182 valence electrons. The lowest BCUT2D eigenvalue weighted by molar-refractivity contribution is -0.336. The van der Waals surface area contributed by atoms with E-state index in [0.29, 0.717) is 0 Å². The molecule has 11 N–H and O–H groups in total. The molecule has 31 heavy (non-hydrogen) atoms. The summed E-state index contributed by atoms with van der Waals surface area (Å²) < 4.78 is 31.0. The zero-order valence-corrected chi connectivity index (χ0v) is 16.7. The summed E-state index contributed by atoms with van der Waals surface area (Å²) in [5.74, 6) is -4.54. The molecule has 0 radical (unpaired) electrons. The maximum absolute atomic E-state index is 11.8. The minimum absolute atomic E-state index is 0.862. The van der Waals surface area contributed by atoms with Crippen molar-refractivity contribution in [1.29, 1.82) is 0 Å². The van der Waals surface area contributed by atoms with Crippen LogP contribution in [0.1, 0.15) is 6.42 Å². The Morgan fingerprint density at radius 2 is 1.84 bits per heavy atom. The summed E-state index contributed by atoms with van der Waals surface area (Å²) in [6.07, 6.45) is -15.3. The fraction of sp³-hybridized carbons (Fsp3) is 0.929. The van der Waals surface area contributed by atoms with Gasteiger partial charge in [-0.05, 0) is 0 Å². The zero-order valence-electron chi connectivity index (χ0n) is 15.8. The number of ether oxygens (including phenoxy) is 3. The molecule has 0 amide bonds. The van der Waals surface area contributed by atoms with Gasteiger partial charge in [0.05, 0.1) is 25.4 Å². The number of hydrogen-bond donors (Lipinski definition) is 10. The Morgan fingerprint density at radius 1 is 1.23 bits per heavy atom. The summed E-state index contributed by atoms with van der Waals surface area (Å²) >= 11 is 0. The maximum Gasteiger partial charge on any atom is 0.470 e. The van der Waals surface area contributed by atoms with E-state index in [4.69, 9.17) is 34.8 Å². The molecule has 17 heteroatoms. The van der Waals surface area contributed by atoms with Crippen LogP contribution in [-0.2, 0) is 28.1 Å². The average molecular weight is 479 g/mol. The van der Waals surface area contributed by atoms with Gasteiger partial charge in [-0.15, -0.1) is 0 Å². The summed E-state index contributed by atoms with van der Waals surface area (Å²) in [6.45, 7) is -1.88. The number of aliphatic hydroxyl groups excluding tert-OH is 6. The van der Waals surface area contributed by atoms with Crippen LogP contribution < -0.4 is 5.73 Å². The van der Waals surface area contributed by atoms with Crippen molar-refractivity contribution in [2.24, 2.45) is 5.73 Å². The largest absolute Gasteiger partial charge is 0.477 e. The number of carboxylic acids is 1. The predicted molar refractivity (Wildman–Crippen MR) is 92.7 cm³/mol. The number of nitrogens with two attached hydrogens (primary N) is 1. The Kier molecular flexibility index (Phi) is 8.51. The molecule has 0 spiro atoms. The van der Waals surface area contributed by atoms with Gasteiger partial charge in [-0.25, -0.2) is 9.36 Å². The number of rotatable bonds is 8. The summed E-state index contributed by atoms with van der Waals surface area (Å²) in [6, 6.07) is -1.53. The van der Waals surface area contributed by atoms with Crippen molar-refractivity contribution in [2.45, 2.75) is 67.3 Å². The van der Waals surface area contributed by atoms with Gasteiger partial charge in [0.1, 0.15) is 36.6 Å². The van der Waals surface area contributed by atoms with Crippen molar-refractivity contribution < 1.29 is 73.6 Å². The Balaban J connectivity index is 2.26. The lowest BCUT2D eigenvalue weighted by Crippen LogP contribution is -2.65. The first-order valence-electron chi connectivity index (χ1n) is 8.93. The van der Waals surface area contributed by atoms with Crippen LogP contribution in [-0.4, -0.2) is 126 Å². The van der Waals surface area contributed by atoms with E-state index < -0.39 is 94.3 Å². The minimum atomic E-state index is -5.21. The molecule has 2 aliphatic rings. The van der Waals surface area contributed by atoms with Gasteiger partial charge in [-0.2, -0.15) is 0 Å². The van der Waals surface area contributed by atoms with Crippen LogP contribution in [0.15, 0.2) is 0 Å². The van der Waals surface area contributed by atoms with Gasteiger partial charge in [-0.3, -0.25) is 4.52 Å². The van der Waals surface area contributed by atoms with E-state index in [1.165, 1.54) is 0 Å². The standard InChI is InChI=1S/C14H26NO15P/c15-7-9(20)11(30-31(24,25)26)6(28-12(7)21)3-27-14(13(22)23)1-4(17)8(19)10(29-14)5(18)2-16/h4-12,16-21H,1-3,15H2,(H,22,23)(H2,24,25,26)/t4-,5-,6-,7-,8-,9-,10-,11-,12?,14?/m1/s1. The summed E-state index contributed by atoms with van der Waals surface area (Å²) in [5, 5.41) is 68.3. The number of phosphoric acid groups is 1. The fourth-order valence-corrected chi connectivity index (χ4v) is 3.83. The smallest absolute Gasteiger partial charge is 0.470 e. The molecule has 0 aliphatic carbocycles. The number of phosphoric ester groups is 1. The van der Waals surface area contributed by atoms with Gasteiger partial charge in [0.25, 0.3) is 5.79 Å². The SMILES string of the molecule is N[C@H]1C(O)O[C@H](COC2(C(=O)O)C[C@@H](O)[C@@H](O)[C@@H]([C@H](O)CO)O2)[C@@H](OP(=O)(O)O)[C@@H]1O. The van der Waals surface area contributed by atoms with Gasteiger partial charge in [0, 0.05) is 6.42 Å². The number of hydrogen-bond acceptors (Lipinski definition) is 13. The Bertz CT molecular complexity index is 676. The van der Waals surface area contributed by atoms with E-state index in [9.17, 15) is 40.0 Å². The molecule has 16 nitrogen and oxygen atoms in total. The molecule has 0 aromatic rings. The third kappa shape index (κ3) is 5.95. The number of carboxylic acid groups (broad SMARTS) is 1. The van der Waals surface area contributed by atoms with Gasteiger partial charge < -0.3 is 65.5 Å². The number of aliphatic carboxylic acids is 1. The highest BCUT2D eigenvalue weighted by atomic mass is 31.2. The van der Waals surface area contributed by atoms with Crippen molar-refractivity contribution in [3.05, 3.63) is 0 Å². The molecule has 2 saturated heterocycles. The molecule has 2 heterocycles. The molecule has 2 aliphatic heterocycles. The van der Waals surface area contributed by atoms with Crippen LogP contribution in [0.4, 0.5) is 0 Å². The van der Waals surface area contributed by atoms with Crippen molar-refractivity contribution >= 4 is 13.8 Å². The lowest BCUT2D eigenvalue weighted by atomic mass is 9.92. The van der Waals surface area contributed by atoms with Gasteiger partial charge in [0.15, 0.2) is 6.29 Å². The molecule has 0 bridgehead atoms. The van der Waals surface area contributed by atoms with Crippen molar-refractivity contribution in [3.63, 3.8) is 0 Å². The fourth-order valence-electron chi connectivity index (χ4n) is 3.25. The van der Waals surface area contributed by atoms with E-state index >= 15 is 0 Å². The topological polar surface area (TPSA) is 279 Å². The minimum Gasteiger partial charge on any atom is -0.477 e. The molecule has 2 unspecified atom stereocenters. The summed E-state index contributed by atoms with van der Waals surface area (Å²) in [5.41, 5.74) is 5.48. The Morgan fingerprint density at radius 3 is 2.35 bits per heavy atom. The molecule has 0 aromatic carbocycles. The van der Waals surface area contributed by atoms with Crippen molar-refractivity contribution in [2.75, 3.05) is 13.2 Å². The highest BCUT2D eigenvalue weighted by Crippen LogP contribution is 2.41. The third-order valence-electron chi connectivity index (χ3n) is 4.91. The summed E-state index contributed by atoms with van der Waals surface area (Å²) in [4.78, 5) is 29.9. The zero-order chi connectivity index (χ0) is 23.7. The van der Waals surface area contributed by atoms with Crippen LogP contribution in [0.2, 0.25) is 0 Å². The maximum atomic E-state index is 11.8. The normalized spacial score (nSPS) is 42.9. The van der Waals surface area contributed by atoms with Crippen molar-refractivity contribution in [3.8, 4) is 0 Å². The van der Waals surface area contributed by atoms with Crippen LogP contribution in [0, 0.1) is 0 Å². The molecule has 2 rings (SSSR count). The summed E-state index contributed by atoms with van der Waals surface area (Å²) in [7, 11) is -5.21. The lowest BCUT2D eigenvalue weighted by Gasteiger charge is -2.45. The van der Waals surface area contributed by atoms with E-state index in [1.54, 1.807) is 0 Å². The molecule has 10 atom stereocenters. The van der Waals surface area contributed by atoms with E-state index in [2.05, 4.69) is 4.52 Å². The van der Waals surface area contributed by atoms with Crippen molar-refractivity contribution in [1.82, 2.24) is 0 Å². The first-order chi connectivity index (χ1) is 14.2. The second kappa shape index (κ2) is 9.98. The second-order valence-corrected chi connectivity index (χ2v) is 8.35. The number of carbonyl (C=O) groups is 1. The monoisotopic (exact) mass is 479 g/mol. The van der Waals surface area contributed by atoms with Crippen LogP contribution >= 0.6 is 7.82 Å². The quantitative estimate of drug-likeness (QED) is 0.145. The molecular formula is C14H26NO15P. The van der Waals surface area contributed by atoms with E-state index in [-0.39, 0.29) is 0 Å². The average Bonchev–Trinajstić information content (AvgIpc) is 2.68. The molecule has 0 aromatic heterocycles. The van der Waals surface area contributed by atoms with Crippen LogP contribution in [0.3, 0.4) is 0 Å². The molecular weight excluding hydrogens is 453 g/mol. The van der Waals surface area contributed by atoms with Crippen LogP contribution in [0.5, 0.6) is 0 Å². The Labute approximate surface area is 174 Å². The van der Waals surface area contributed by atoms with E-state index in [1.807, 2.05) is 0 Å². The first-order valence-corrected chi connectivity index (χ1v) is 10.5. The first kappa shape index (κ1) is 26.4. The highest BCUT2D eigenvalue weighted by Gasteiger charge is 2.55. The Hall–Kier alpha value is -0.820.